The van der Waals surface area contributed by atoms with E-state index in [1.807, 2.05) is 0 Å². The van der Waals surface area contributed by atoms with Crippen LogP contribution in [0.15, 0.2) is 5.18 Å². The summed E-state index contributed by atoms with van der Waals surface area (Å²) in [5.41, 5.74) is 0. The highest BCUT2D eigenvalue weighted by molar-refractivity contribution is 5.73. The SMILES string of the molecule is CO[C@@H]1OC(C(=O)O)[C@@H](O)[C@H](O[C@@H]2OC[C@@H](O)[C@H](O)C2O)C1O[C@@H]1OC(CO)[C@H](O)[C@H](O)C1N=O. The van der Waals surface area contributed by atoms with Crippen LogP contribution in [-0.2, 0) is 33.2 Å². The van der Waals surface area contributed by atoms with Crippen LogP contribution >= 0.6 is 0 Å². The smallest absolute Gasteiger partial charge is 0.335 e. The highest BCUT2D eigenvalue weighted by Gasteiger charge is 2.55. The Morgan fingerprint density at radius 2 is 1.54 bits per heavy atom. The topological polar surface area (TPSA) is 264 Å². The molecule has 202 valence electrons. The zero-order valence-corrected chi connectivity index (χ0v) is 18.3. The highest BCUT2D eigenvalue weighted by atomic mass is 16.8. The van der Waals surface area contributed by atoms with Crippen LogP contribution in [0, 0.1) is 4.91 Å². The molecule has 3 heterocycles. The Morgan fingerprint density at radius 1 is 0.886 bits per heavy atom. The Labute approximate surface area is 197 Å². The predicted molar refractivity (Wildman–Crippen MR) is 104 cm³/mol. The van der Waals surface area contributed by atoms with Crippen molar-refractivity contribution in [2.45, 2.75) is 86.0 Å². The molecule has 14 atom stereocenters. The number of carboxylic acid groups (broad SMARTS) is 1. The van der Waals surface area contributed by atoms with Crippen molar-refractivity contribution < 1.29 is 74.1 Å². The van der Waals surface area contributed by atoms with Crippen molar-refractivity contribution in [3.8, 4) is 0 Å². The van der Waals surface area contributed by atoms with Crippen molar-refractivity contribution in [1.82, 2.24) is 0 Å². The number of methoxy groups -OCH3 is 1. The number of aliphatic hydroxyl groups excluding tert-OH is 7. The van der Waals surface area contributed by atoms with Crippen LogP contribution in [0.4, 0.5) is 0 Å². The molecule has 17 heteroatoms. The van der Waals surface area contributed by atoms with Gasteiger partial charge < -0.3 is 69.3 Å². The summed E-state index contributed by atoms with van der Waals surface area (Å²) in [6.45, 7) is -1.26. The van der Waals surface area contributed by atoms with E-state index in [1.165, 1.54) is 0 Å². The van der Waals surface area contributed by atoms with Crippen LogP contribution in [0.25, 0.3) is 0 Å². The molecule has 3 rings (SSSR count). The maximum Gasteiger partial charge on any atom is 0.335 e. The summed E-state index contributed by atoms with van der Waals surface area (Å²) in [5, 5.41) is 82.2. The summed E-state index contributed by atoms with van der Waals surface area (Å²) < 4.78 is 32.0. The normalized spacial score (nSPS) is 48.9. The first-order valence-corrected chi connectivity index (χ1v) is 10.6. The van der Waals surface area contributed by atoms with Gasteiger partial charge in [-0.25, -0.2) is 4.79 Å². The molecule has 0 saturated carbocycles. The number of rotatable bonds is 8. The number of ether oxygens (including phenoxy) is 6. The van der Waals surface area contributed by atoms with Gasteiger partial charge in [0.15, 0.2) is 31.0 Å². The number of carbonyl (C=O) groups is 1. The lowest BCUT2D eigenvalue weighted by atomic mass is 9.96. The minimum atomic E-state index is -2.00. The number of hydrogen-bond donors (Lipinski definition) is 8. The highest BCUT2D eigenvalue weighted by Crippen LogP contribution is 2.33. The van der Waals surface area contributed by atoms with Gasteiger partial charge in [-0.15, -0.1) is 0 Å². The molecule has 3 fully saturated rings. The molecule has 0 radical (unpaired) electrons. The summed E-state index contributed by atoms with van der Waals surface area (Å²) in [5.74, 6) is -1.62. The Kier molecular flexibility index (Phi) is 9.43. The summed E-state index contributed by atoms with van der Waals surface area (Å²) in [6.07, 6.45) is -22.3. The van der Waals surface area contributed by atoms with E-state index in [0.717, 1.165) is 7.11 Å². The number of carboxylic acids is 1. The Balaban J connectivity index is 1.90. The second kappa shape index (κ2) is 11.7. The average Bonchev–Trinajstić information content (AvgIpc) is 2.83. The van der Waals surface area contributed by atoms with E-state index in [9.17, 15) is 50.6 Å². The molecule has 17 nitrogen and oxygen atoms in total. The maximum absolute atomic E-state index is 11.6. The van der Waals surface area contributed by atoms with Gasteiger partial charge in [0.25, 0.3) is 0 Å². The second-order valence-electron chi connectivity index (χ2n) is 8.24. The van der Waals surface area contributed by atoms with Crippen molar-refractivity contribution in [3.05, 3.63) is 4.91 Å². The third-order valence-corrected chi connectivity index (χ3v) is 6.00. The van der Waals surface area contributed by atoms with Crippen molar-refractivity contribution in [3.63, 3.8) is 0 Å². The van der Waals surface area contributed by atoms with Gasteiger partial charge in [0.2, 0.25) is 0 Å². The quantitative estimate of drug-likeness (QED) is 0.140. The molecule has 0 bridgehead atoms. The van der Waals surface area contributed by atoms with Gasteiger partial charge in [-0.1, -0.05) is 5.18 Å². The molecular formula is C18H29NO16. The lowest BCUT2D eigenvalue weighted by molar-refractivity contribution is -0.372. The van der Waals surface area contributed by atoms with Gasteiger partial charge in [0.05, 0.1) is 13.2 Å². The minimum Gasteiger partial charge on any atom is -0.479 e. The molecule has 8 N–H and O–H groups in total. The average molecular weight is 515 g/mol. The molecular weight excluding hydrogens is 486 g/mol. The first-order chi connectivity index (χ1) is 16.5. The van der Waals surface area contributed by atoms with Crippen molar-refractivity contribution >= 4 is 5.97 Å². The first-order valence-electron chi connectivity index (χ1n) is 10.6. The van der Waals surface area contributed by atoms with Gasteiger partial charge in [0.1, 0.15) is 54.9 Å². The van der Waals surface area contributed by atoms with Crippen molar-refractivity contribution in [2.75, 3.05) is 20.3 Å². The van der Waals surface area contributed by atoms with Crippen LogP contribution in [0.5, 0.6) is 0 Å². The number of hydrogen-bond acceptors (Lipinski definition) is 16. The Morgan fingerprint density at radius 3 is 2.11 bits per heavy atom. The fraction of sp³-hybridized carbons (Fsp3) is 0.944. The molecule has 35 heavy (non-hydrogen) atoms. The molecule has 0 aromatic heterocycles. The van der Waals surface area contributed by atoms with E-state index >= 15 is 0 Å². The van der Waals surface area contributed by atoms with E-state index in [0.29, 0.717) is 0 Å². The van der Waals surface area contributed by atoms with Gasteiger partial charge >= 0.3 is 5.97 Å². The van der Waals surface area contributed by atoms with Crippen LogP contribution < -0.4 is 0 Å². The van der Waals surface area contributed by atoms with E-state index in [2.05, 4.69) is 5.18 Å². The number of nitroso groups, excluding NO2 is 1. The molecule has 0 aromatic rings. The van der Waals surface area contributed by atoms with Crippen LogP contribution in [0.1, 0.15) is 0 Å². The fourth-order valence-electron chi connectivity index (χ4n) is 4.02. The van der Waals surface area contributed by atoms with Crippen molar-refractivity contribution in [1.29, 1.82) is 0 Å². The Hall–Kier alpha value is -1.45. The van der Waals surface area contributed by atoms with Crippen LogP contribution in [-0.4, -0.2) is 153 Å². The molecule has 0 amide bonds. The van der Waals surface area contributed by atoms with Gasteiger partial charge in [-0.3, -0.25) is 0 Å². The molecule has 3 saturated heterocycles. The monoisotopic (exact) mass is 515 g/mol. The minimum absolute atomic E-state index is 0.477. The summed E-state index contributed by atoms with van der Waals surface area (Å²) in [4.78, 5) is 23.0. The van der Waals surface area contributed by atoms with E-state index < -0.39 is 105 Å². The predicted octanol–water partition coefficient (Wildman–Crippen LogP) is -5.41. The molecule has 3 aliphatic heterocycles. The number of nitrogens with zero attached hydrogens (tertiary/aromatic N) is 1. The maximum atomic E-state index is 11.6. The van der Waals surface area contributed by atoms with Gasteiger partial charge in [-0.2, -0.15) is 4.91 Å². The summed E-state index contributed by atoms with van der Waals surface area (Å²) >= 11 is 0. The van der Waals surface area contributed by atoms with Gasteiger partial charge in [0, 0.05) is 7.11 Å². The van der Waals surface area contributed by atoms with Gasteiger partial charge in [-0.05, 0) is 0 Å². The van der Waals surface area contributed by atoms with E-state index in [4.69, 9.17) is 28.4 Å². The lowest BCUT2D eigenvalue weighted by Gasteiger charge is -2.47. The molecule has 0 aromatic carbocycles. The molecule has 0 aliphatic carbocycles. The summed E-state index contributed by atoms with van der Waals surface area (Å²) in [7, 11) is 1.09. The molecule has 5 unspecified atom stereocenters. The fourth-order valence-corrected chi connectivity index (χ4v) is 4.02. The zero-order chi connectivity index (χ0) is 26.0. The molecule has 0 spiro atoms. The Bertz CT molecular complexity index is 729. The van der Waals surface area contributed by atoms with E-state index in [1.54, 1.807) is 0 Å². The molecule has 3 aliphatic rings. The second-order valence-corrected chi connectivity index (χ2v) is 8.24. The van der Waals surface area contributed by atoms with Crippen LogP contribution in [0.3, 0.4) is 0 Å². The first kappa shape index (κ1) is 28.1. The summed E-state index contributed by atoms with van der Waals surface area (Å²) in [6, 6.07) is -1.74. The standard InChI is InChI=1S/C18H29NO16/c1-30-18-14(35-16-6(19-29)9(24)8(23)5(2-20)32-16)12(11(26)13(34-18)15(27)28)33-17-10(25)7(22)4(21)3-31-17/h4-14,16-18,20-26H,2-3H2,1H3,(H,27,28)/t4-,5?,6?,7+,8+,9-,10?,11+,12+,13?,14?,16+,17+,18-/m1/s1. The largest absolute Gasteiger partial charge is 0.479 e. The third-order valence-electron chi connectivity index (χ3n) is 6.00. The van der Waals surface area contributed by atoms with Crippen molar-refractivity contribution in [2.24, 2.45) is 5.18 Å². The lowest BCUT2D eigenvalue weighted by Crippen LogP contribution is -2.66. The third kappa shape index (κ3) is 5.62. The number of aliphatic hydroxyl groups is 7. The zero-order valence-electron chi connectivity index (χ0n) is 18.3. The number of aliphatic carboxylic acids is 1. The van der Waals surface area contributed by atoms with E-state index in [-0.39, 0.29) is 0 Å². The van der Waals surface area contributed by atoms with Crippen LogP contribution in [0.2, 0.25) is 0 Å².